The van der Waals surface area contributed by atoms with Crippen LogP contribution in [0.4, 0.5) is 0 Å². The maximum absolute atomic E-state index is 12.0. The zero-order chi connectivity index (χ0) is 14.1. The van der Waals surface area contributed by atoms with E-state index >= 15 is 0 Å². The number of rotatable bonds is 2. The maximum Gasteiger partial charge on any atom is 0.379 e. The van der Waals surface area contributed by atoms with Crippen LogP contribution in [0, 0.1) is 6.92 Å². The second-order valence-electron chi connectivity index (χ2n) is 4.45. The number of esters is 1. The van der Waals surface area contributed by atoms with Crippen molar-refractivity contribution in [2.45, 2.75) is 6.92 Å². The Morgan fingerprint density at radius 1 is 1.15 bits per heavy atom. The van der Waals surface area contributed by atoms with Crippen LogP contribution < -0.4 is 4.74 Å². The van der Waals surface area contributed by atoms with Gasteiger partial charge < -0.3 is 9.15 Å². The lowest BCUT2D eigenvalue weighted by atomic mass is 10.2. The second kappa shape index (κ2) is 5.02. The summed E-state index contributed by atoms with van der Waals surface area (Å²) in [6.45, 7) is 1.85. The molecule has 1 heterocycles. The number of benzene rings is 2. The Bertz CT molecular complexity index is 756. The SMILES string of the molecule is Cc1cc(OC(=O)c2cc3ccccc3o2)ccc1Cl. The summed E-state index contributed by atoms with van der Waals surface area (Å²) in [7, 11) is 0. The Labute approximate surface area is 120 Å². The van der Waals surface area contributed by atoms with E-state index in [1.165, 1.54) is 0 Å². The highest BCUT2D eigenvalue weighted by Gasteiger charge is 2.14. The third-order valence-corrected chi connectivity index (χ3v) is 3.39. The van der Waals surface area contributed by atoms with E-state index in [0.717, 1.165) is 10.9 Å². The van der Waals surface area contributed by atoms with Crippen molar-refractivity contribution in [3.8, 4) is 5.75 Å². The molecule has 0 unspecified atom stereocenters. The smallest absolute Gasteiger partial charge is 0.379 e. The fourth-order valence-electron chi connectivity index (χ4n) is 1.92. The van der Waals surface area contributed by atoms with E-state index in [9.17, 15) is 4.79 Å². The van der Waals surface area contributed by atoms with Crippen molar-refractivity contribution in [2.24, 2.45) is 0 Å². The predicted octanol–water partition coefficient (Wildman–Crippen LogP) is 4.61. The van der Waals surface area contributed by atoms with Crippen LogP contribution in [-0.2, 0) is 0 Å². The van der Waals surface area contributed by atoms with E-state index in [4.69, 9.17) is 20.8 Å². The fourth-order valence-corrected chi connectivity index (χ4v) is 2.04. The Morgan fingerprint density at radius 3 is 2.70 bits per heavy atom. The highest BCUT2D eigenvalue weighted by Crippen LogP contribution is 2.23. The van der Waals surface area contributed by atoms with Gasteiger partial charge in [0.25, 0.3) is 0 Å². The average molecular weight is 287 g/mol. The van der Waals surface area contributed by atoms with Crippen LogP contribution in [0.25, 0.3) is 11.0 Å². The summed E-state index contributed by atoms with van der Waals surface area (Å²) in [6, 6.07) is 14.1. The molecule has 3 rings (SSSR count). The summed E-state index contributed by atoms with van der Waals surface area (Å²) in [5.74, 6) is 0.0964. The molecule has 0 N–H and O–H groups in total. The molecule has 0 saturated heterocycles. The van der Waals surface area contributed by atoms with Crippen LogP contribution in [-0.4, -0.2) is 5.97 Å². The predicted molar refractivity (Wildman–Crippen MR) is 77.4 cm³/mol. The molecule has 20 heavy (non-hydrogen) atoms. The van der Waals surface area contributed by atoms with Crippen molar-refractivity contribution in [3.05, 3.63) is 64.9 Å². The monoisotopic (exact) mass is 286 g/mol. The molecule has 0 aliphatic heterocycles. The molecule has 0 aliphatic rings. The van der Waals surface area contributed by atoms with E-state index in [1.54, 1.807) is 30.3 Å². The van der Waals surface area contributed by atoms with Gasteiger partial charge >= 0.3 is 5.97 Å². The van der Waals surface area contributed by atoms with Gasteiger partial charge in [-0.25, -0.2) is 4.79 Å². The number of carbonyl (C=O) groups excluding carboxylic acids is 1. The molecule has 100 valence electrons. The Balaban J connectivity index is 1.86. The highest BCUT2D eigenvalue weighted by atomic mass is 35.5. The quantitative estimate of drug-likeness (QED) is 0.510. The Hall–Kier alpha value is -2.26. The number of halogens is 1. The van der Waals surface area contributed by atoms with Gasteiger partial charge in [-0.15, -0.1) is 0 Å². The molecule has 0 radical (unpaired) electrons. The van der Waals surface area contributed by atoms with Gasteiger partial charge in [-0.3, -0.25) is 0 Å². The lowest BCUT2D eigenvalue weighted by Gasteiger charge is -2.04. The largest absolute Gasteiger partial charge is 0.449 e. The first-order valence-corrected chi connectivity index (χ1v) is 6.48. The van der Waals surface area contributed by atoms with Crippen molar-refractivity contribution < 1.29 is 13.9 Å². The molecule has 0 amide bonds. The summed E-state index contributed by atoms with van der Waals surface area (Å²) in [5.41, 5.74) is 1.51. The minimum Gasteiger partial charge on any atom is -0.449 e. The van der Waals surface area contributed by atoms with Gasteiger partial charge in [-0.1, -0.05) is 29.8 Å². The second-order valence-corrected chi connectivity index (χ2v) is 4.86. The van der Waals surface area contributed by atoms with Crippen molar-refractivity contribution in [1.29, 1.82) is 0 Å². The first-order chi connectivity index (χ1) is 9.63. The molecule has 0 bridgehead atoms. The molecule has 3 aromatic rings. The molecule has 0 aliphatic carbocycles. The fraction of sp³-hybridized carbons (Fsp3) is 0.0625. The lowest BCUT2D eigenvalue weighted by Crippen LogP contribution is -2.07. The Morgan fingerprint density at radius 2 is 1.95 bits per heavy atom. The van der Waals surface area contributed by atoms with Crippen LogP contribution in [0.2, 0.25) is 5.02 Å². The number of aryl methyl sites for hydroxylation is 1. The third kappa shape index (κ3) is 2.40. The molecule has 1 aromatic heterocycles. The Kier molecular flexibility index (Phi) is 3.20. The first-order valence-electron chi connectivity index (χ1n) is 6.10. The number of hydrogen-bond donors (Lipinski definition) is 0. The molecule has 0 saturated carbocycles. The van der Waals surface area contributed by atoms with Crippen molar-refractivity contribution in [2.75, 3.05) is 0 Å². The van der Waals surface area contributed by atoms with E-state index in [-0.39, 0.29) is 5.76 Å². The maximum atomic E-state index is 12.0. The van der Waals surface area contributed by atoms with Crippen LogP contribution in [0.1, 0.15) is 16.1 Å². The van der Waals surface area contributed by atoms with Crippen LogP contribution >= 0.6 is 11.6 Å². The van der Waals surface area contributed by atoms with Gasteiger partial charge in [0.2, 0.25) is 5.76 Å². The van der Waals surface area contributed by atoms with Crippen molar-refractivity contribution >= 4 is 28.5 Å². The van der Waals surface area contributed by atoms with E-state index in [2.05, 4.69) is 0 Å². The molecule has 0 fully saturated rings. The normalized spacial score (nSPS) is 10.7. The van der Waals surface area contributed by atoms with E-state index in [0.29, 0.717) is 16.4 Å². The van der Waals surface area contributed by atoms with Gasteiger partial charge in [-0.05, 0) is 42.8 Å². The van der Waals surface area contributed by atoms with Crippen molar-refractivity contribution in [3.63, 3.8) is 0 Å². The third-order valence-electron chi connectivity index (χ3n) is 2.97. The van der Waals surface area contributed by atoms with Crippen LogP contribution in [0.3, 0.4) is 0 Å². The van der Waals surface area contributed by atoms with E-state index < -0.39 is 5.97 Å². The molecule has 3 nitrogen and oxygen atoms in total. The summed E-state index contributed by atoms with van der Waals surface area (Å²) in [6.07, 6.45) is 0. The molecular formula is C16H11ClO3. The molecule has 0 atom stereocenters. The number of hydrogen-bond acceptors (Lipinski definition) is 3. The summed E-state index contributed by atoms with van der Waals surface area (Å²) in [5, 5.41) is 1.50. The molecule has 0 spiro atoms. The van der Waals surface area contributed by atoms with Crippen LogP contribution in [0.5, 0.6) is 5.75 Å². The molecule has 2 aromatic carbocycles. The standard InChI is InChI=1S/C16H11ClO3/c1-10-8-12(6-7-13(10)17)19-16(18)15-9-11-4-2-3-5-14(11)20-15/h2-9H,1H3. The number of carbonyl (C=O) groups is 1. The lowest BCUT2D eigenvalue weighted by molar-refractivity contribution is 0.0704. The van der Waals surface area contributed by atoms with Gasteiger partial charge in [0.15, 0.2) is 0 Å². The molecular weight excluding hydrogens is 276 g/mol. The zero-order valence-electron chi connectivity index (χ0n) is 10.7. The number of para-hydroxylation sites is 1. The first kappa shape index (κ1) is 12.8. The highest BCUT2D eigenvalue weighted by molar-refractivity contribution is 6.31. The van der Waals surface area contributed by atoms with Gasteiger partial charge in [0, 0.05) is 10.4 Å². The number of furan rings is 1. The van der Waals surface area contributed by atoms with Gasteiger partial charge in [0.1, 0.15) is 11.3 Å². The van der Waals surface area contributed by atoms with Crippen LogP contribution in [0.15, 0.2) is 52.9 Å². The topological polar surface area (TPSA) is 39.4 Å². The average Bonchev–Trinajstić information content (AvgIpc) is 2.87. The minimum absolute atomic E-state index is 0.179. The summed E-state index contributed by atoms with van der Waals surface area (Å²) < 4.78 is 10.7. The van der Waals surface area contributed by atoms with Gasteiger partial charge in [-0.2, -0.15) is 0 Å². The molecule has 4 heteroatoms. The zero-order valence-corrected chi connectivity index (χ0v) is 11.5. The van der Waals surface area contributed by atoms with E-state index in [1.807, 2.05) is 25.1 Å². The number of ether oxygens (including phenoxy) is 1. The minimum atomic E-state index is -0.525. The number of fused-ring (bicyclic) bond motifs is 1. The van der Waals surface area contributed by atoms with Crippen molar-refractivity contribution in [1.82, 2.24) is 0 Å². The summed E-state index contributed by atoms with van der Waals surface area (Å²) in [4.78, 5) is 12.0. The summed E-state index contributed by atoms with van der Waals surface area (Å²) >= 11 is 5.93. The van der Waals surface area contributed by atoms with Gasteiger partial charge in [0.05, 0.1) is 0 Å².